The van der Waals surface area contributed by atoms with Crippen molar-refractivity contribution in [2.45, 2.75) is 13.1 Å². The quantitative estimate of drug-likeness (QED) is 0.644. The largest absolute Gasteiger partial charge is 0.383 e. The van der Waals surface area contributed by atoms with Crippen LogP contribution in [-0.4, -0.2) is 23.2 Å². The molecule has 0 aliphatic carbocycles. The summed E-state index contributed by atoms with van der Waals surface area (Å²) in [5.74, 6) is 0. The topological polar surface area (TPSA) is 100 Å². The fourth-order valence-corrected chi connectivity index (χ4v) is 2.21. The predicted molar refractivity (Wildman–Crippen MR) is 82.6 cm³/mol. The molecule has 1 heterocycles. The Hall–Kier alpha value is -2.51. The van der Waals surface area contributed by atoms with E-state index in [9.17, 15) is 14.9 Å². The minimum Gasteiger partial charge on any atom is -0.383 e. The van der Waals surface area contributed by atoms with Gasteiger partial charge in [0, 0.05) is 43.5 Å². The first kappa shape index (κ1) is 15.9. The third-order valence-electron chi connectivity index (χ3n) is 3.34. The highest BCUT2D eigenvalue weighted by Crippen LogP contribution is 2.23. The SMILES string of the molecule is COCCn1c(-c2cccc([N+](=O)[O-])c2)ccc(CN)c1=O. The summed E-state index contributed by atoms with van der Waals surface area (Å²) in [6, 6.07) is 9.58. The zero-order chi connectivity index (χ0) is 16.1. The van der Waals surface area contributed by atoms with Crippen molar-refractivity contribution in [2.24, 2.45) is 5.73 Å². The maximum Gasteiger partial charge on any atom is 0.270 e. The van der Waals surface area contributed by atoms with E-state index in [1.807, 2.05) is 0 Å². The minimum absolute atomic E-state index is 0.0221. The lowest BCUT2D eigenvalue weighted by atomic mass is 10.1. The van der Waals surface area contributed by atoms with Crippen molar-refractivity contribution in [3.8, 4) is 11.3 Å². The van der Waals surface area contributed by atoms with Crippen LogP contribution in [0.25, 0.3) is 11.3 Å². The number of nitrogens with zero attached hydrogens (tertiary/aromatic N) is 2. The van der Waals surface area contributed by atoms with E-state index in [1.54, 1.807) is 31.4 Å². The number of nitro benzene ring substituents is 1. The van der Waals surface area contributed by atoms with Crippen molar-refractivity contribution in [3.63, 3.8) is 0 Å². The molecule has 0 aliphatic rings. The highest BCUT2D eigenvalue weighted by Gasteiger charge is 2.13. The Kier molecular flexibility index (Phi) is 5.03. The molecule has 0 saturated carbocycles. The first-order valence-corrected chi connectivity index (χ1v) is 6.75. The second kappa shape index (κ2) is 6.97. The number of hydrogen-bond acceptors (Lipinski definition) is 5. The molecular formula is C15H17N3O4. The molecule has 2 aromatic rings. The van der Waals surface area contributed by atoms with E-state index in [1.165, 1.54) is 16.7 Å². The van der Waals surface area contributed by atoms with Gasteiger partial charge in [0.05, 0.1) is 17.2 Å². The van der Waals surface area contributed by atoms with Crippen LogP contribution >= 0.6 is 0 Å². The molecule has 0 unspecified atom stereocenters. The molecule has 1 aromatic carbocycles. The Bertz CT molecular complexity index is 740. The summed E-state index contributed by atoms with van der Waals surface area (Å²) in [7, 11) is 1.55. The third kappa shape index (κ3) is 3.21. The summed E-state index contributed by atoms with van der Waals surface area (Å²) >= 11 is 0. The molecule has 2 N–H and O–H groups in total. The van der Waals surface area contributed by atoms with E-state index < -0.39 is 4.92 Å². The van der Waals surface area contributed by atoms with Crippen molar-refractivity contribution in [2.75, 3.05) is 13.7 Å². The zero-order valence-corrected chi connectivity index (χ0v) is 12.2. The highest BCUT2D eigenvalue weighted by molar-refractivity contribution is 5.63. The molecule has 0 radical (unpaired) electrons. The van der Waals surface area contributed by atoms with Gasteiger partial charge >= 0.3 is 0 Å². The lowest BCUT2D eigenvalue weighted by Gasteiger charge is -2.14. The first-order valence-electron chi connectivity index (χ1n) is 6.75. The Morgan fingerprint density at radius 2 is 2.09 bits per heavy atom. The van der Waals surface area contributed by atoms with Crippen LogP contribution in [0.5, 0.6) is 0 Å². The van der Waals surface area contributed by atoms with Gasteiger partial charge in [0.1, 0.15) is 0 Å². The molecule has 2 rings (SSSR count). The summed E-state index contributed by atoms with van der Waals surface area (Å²) in [6.45, 7) is 0.845. The summed E-state index contributed by atoms with van der Waals surface area (Å²) in [5, 5.41) is 10.9. The Morgan fingerprint density at radius 1 is 1.32 bits per heavy atom. The molecule has 0 saturated heterocycles. The third-order valence-corrected chi connectivity index (χ3v) is 3.34. The van der Waals surface area contributed by atoms with Gasteiger partial charge in [-0.3, -0.25) is 14.9 Å². The zero-order valence-electron chi connectivity index (χ0n) is 12.2. The van der Waals surface area contributed by atoms with Gasteiger partial charge in [-0.05, 0) is 6.07 Å². The van der Waals surface area contributed by atoms with Crippen LogP contribution in [0.2, 0.25) is 0 Å². The summed E-state index contributed by atoms with van der Waals surface area (Å²) in [5.41, 5.74) is 7.03. The Labute approximate surface area is 127 Å². The van der Waals surface area contributed by atoms with E-state index in [0.717, 1.165) is 0 Å². The fraction of sp³-hybridized carbons (Fsp3) is 0.267. The predicted octanol–water partition coefficient (Wildman–Crippen LogP) is 1.53. The average Bonchev–Trinajstić information content (AvgIpc) is 2.53. The number of non-ortho nitro benzene ring substituents is 1. The molecule has 1 aromatic heterocycles. The van der Waals surface area contributed by atoms with Crippen LogP contribution in [0.4, 0.5) is 5.69 Å². The van der Waals surface area contributed by atoms with Crippen LogP contribution in [0.1, 0.15) is 5.56 Å². The molecular weight excluding hydrogens is 286 g/mol. The number of ether oxygens (including phenoxy) is 1. The van der Waals surface area contributed by atoms with Crippen LogP contribution < -0.4 is 11.3 Å². The average molecular weight is 303 g/mol. The van der Waals surface area contributed by atoms with Crippen molar-refractivity contribution < 1.29 is 9.66 Å². The monoisotopic (exact) mass is 303 g/mol. The van der Waals surface area contributed by atoms with E-state index in [-0.39, 0.29) is 17.8 Å². The van der Waals surface area contributed by atoms with Gasteiger partial charge in [0.2, 0.25) is 0 Å². The van der Waals surface area contributed by atoms with Gasteiger partial charge < -0.3 is 15.0 Å². The standard InChI is InChI=1S/C15H17N3O4/c1-22-8-7-17-14(6-5-12(10-16)15(17)19)11-3-2-4-13(9-11)18(20)21/h2-6,9H,7-8,10,16H2,1H3. The highest BCUT2D eigenvalue weighted by atomic mass is 16.6. The molecule has 0 spiro atoms. The van der Waals surface area contributed by atoms with Crippen LogP contribution in [0, 0.1) is 10.1 Å². The van der Waals surface area contributed by atoms with Crippen molar-refractivity contribution in [1.29, 1.82) is 0 Å². The number of aromatic nitrogens is 1. The summed E-state index contributed by atoms with van der Waals surface area (Å²) in [6.07, 6.45) is 0. The molecule has 0 aliphatic heterocycles. The lowest BCUT2D eigenvalue weighted by Crippen LogP contribution is -2.28. The van der Waals surface area contributed by atoms with E-state index >= 15 is 0 Å². The molecule has 0 amide bonds. The van der Waals surface area contributed by atoms with Crippen molar-refractivity contribution in [3.05, 3.63) is 62.4 Å². The van der Waals surface area contributed by atoms with E-state index in [4.69, 9.17) is 10.5 Å². The lowest BCUT2D eigenvalue weighted by molar-refractivity contribution is -0.384. The minimum atomic E-state index is -0.463. The van der Waals surface area contributed by atoms with Crippen LogP contribution in [-0.2, 0) is 17.8 Å². The number of methoxy groups -OCH3 is 1. The molecule has 116 valence electrons. The number of nitrogens with two attached hydrogens (primary N) is 1. The summed E-state index contributed by atoms with van der Waals surface area (Å²) < 4.78 is 6.56. The van der Waals surface area contributed by atoms with Gasteiger partial charge in [0.15, 0.2) is 0 Å². The fourth-order valence-electron chi connectivity index (χ4n) is 2.21. The van der Waals surface area contributed by atoms with Gasteiger partial charge in [0.25, 0.3) is 11.2 Å². The summed E-state index contributed by atoms with van der Waals surface area (Å²) in [4.78, 5) is 22.9. The molecule has 0 bridgehead atoms. The molecule has 0 fully saturated rings. The number of benzene rings is 1. The van der Waals surface area contributed by atoms with E-state index in [0.29, 0.717) is 30.0 Å². The first-order chi connectivity index (χ1) is 10.6. The number of rotatable bonds is 6. The van der Waals surface area contributed by atoms with Gasteiger partial charge in [-0.25, -0.2) is 0 Å². The maximum absolute atomic E-state index is 12.4. The maximum atomic E-state index is 12.4. The molecule has 22 heavy (non-hydrogen) atoms. The second-order valence-electron chi connectivity index (χ2n) is 4.70. The molecule has 7 nitrogen and oxygen atoms in total. The molecule has 7 heteroatoms. The van der Waals surface area contributed by atoms with Gasteiger partial charge in [-0.1, -0.05) is 18.2 Å². The van der Waals surface area contributed by atoms with Crippen molar-refractivity contribution in [1.82, 2.24) is 4.57 Å². The van der Waals surface area contributed by atoms with Crippen molar-refractivity contribution >= 4 is 5.69 Å². The number of nitro groups is 1. The number of pyridine rings is 1. The Morgan fingerprint density at radius 3 is 2.73 bits per heavy atom. The normalized spacial score (nSPS) is 10.6. The smallest absolute Gasteiger partial charge is 0.270 e. The Balaban J connectivity index is 2.59. The number of hydrogen-bond donors (Lipinski definition) is 1. The van der Waals surface area contributed by atoms with Gasteiger partial charge in [-0.15, -0.1) is 0 Å². The van der Waals surface area contributed by atoms with E-state index in [2.05, 4.69) is 0 Å². The second-order valence-corrected chi connectivity index (χ2v) is 4.70. The van der Waals surface area contributed by atoms with Gasteiger partial charge in [-0.2, -0.15) is 0 Å². The van der Waals surface area contributed by atoms with Crippen LogP contribution in [0.3, 0.4) is 0 Å². The molecule has 0 atom stereocenters. The van der Waals surface area contributed by atoms with Crippen LogP contribution in [0.15, 0.2) is 41.2 Å².